The minimum atomic E-state index is -0.207. The van der Waals surface area contributed by atoms with Gasteiger partial charge in [0, 0.05) is 6.07 Å². The van der Waals surface area contributed by atoms with Gasteiger partial charge in [-0.15, -0.1) is 0 Å². The van der Waals surface area contributed by atoms with Crippen molar-refractivity contribution in [1.29, 1.82) is 5.26 Å². The van der Waals surface area contributed by atoms with E-state index in [-0.39, 0.29) is 5.60 Å². The molecule has 1 aliphatic rings. The number of hydrogen-bond donors (Lipinski definition) is 1. The fraction of sp³-hybridized carbons (Fsp3) is 0.364. The van der Waals surface area contributed by atoms with Gasteiger partial charge in [-0.05, 0) is 26.0 Å². The Bertz CT molecular complexity index is 404. The molecule has 1 aromatic rings. The summed E-state index contributed by atoms with van der Waals surface area (Å²) in [6.07, 6.45) is 0. The average Bonchev–Trinajstić information content (AvgIpc) is 2.15. The molecule has 1 N–H and O–H groups in total. The van der Waals surface area contributed by atoms with Crippen molar-refractivity contribution in [1.82, 2.24) is 0 Å². The second kappa shape index (κ2) is 2.91. The van der Waals surface area contributed by atoms with E-state index in [1.54, 1.807) is 12.1 Å². The fourth-order valence-electron chi connectivity index (χ4n) is 1.46. The van der Waals surface area contributed by atoms with Crippen molar-refractivity contribution in [3.63, 3.8) is 0 Å². The van der Waals surface area contributed by atoms with Crippen molar-refractivity contribution >= 4 is 5.69 Å². The highest BCUT2D eigenvalue weighted by atomic mass is 16.5. The van der Waals surface area contributed by atoms with Crippen LogP contribution in [0.3, 0.4) is 0 Å². The van der Waals surface area contributed by atoms with Crippen LogP contribution in [0.4, 0.5) is 5.69 Å². The zero-order valence-electron chi connectivity index (χ0n) is 8.29. The van der Waals surface area contributed by atoms with Crippen LogP contribution in [0.15, 0.2) is 18.2 Å². The Morgan fingerprint density at radius 3 is 3.00 bits per heavy atom. The molecule has 0 amide bonds. The van der Waals surface area contributed by atoms with Crippen LogP contribution >= 0.6 is 0 Å². The summed E-state index contributed by atoms with van der Waals surface area (Å²) in [5, 5.41) is 12.0. The molecule has 0 spiro atoms. The highest BCUT2D eigenvalue weighted by molar-refractivity contribution is 5.61. The Kier molecular flexibility index (Phi) is 1.85. The van der Waals surface area contributed by atoms with Gasteiger partial charge in [-0.3, -0.25) is 0 Å². The molecule has 0 bridgehead atoms. The lowest BCUT2D eigenvalue weighted by Gasteiger charge is -2.33. The summed E-state index contributed by atoms with van der Waals surface area (Å²) in [6.45, 7) is 4.82. The molecular weight excluding hydrogens is 176 g/mol. The van der Waals surface area contributed by atoms with Crippen LogP contribution in [0.5, 0.6) is 5.75 Å². The van der Waals surface area contributed by atoms with Crippen molar-refractivity contribution in [3.8, 4) is 11.8 Å². The second-order valence-electron chi connectivity index (χ2n) is 4.04. The minimum absolute atomic E-state index is 0.207. The third-order valence-electron chi connectivity index (χ3n) is 2.20. The van der Waals surface area contributed by atoms with Crippen LogP contribution in [0.1, 0.15) is 19.4 Å². The Morgan fingerprint density at radius 2 is 2.29 bits per heavy atom. The van der Waals surface area contributed by atoms with Gasteiger partial charge in [0.25, 0.3) is 0 Å². The number of nitrogens with zero attached hydrogens (tertiary/aromatic N) is 1. The smallest absolute Gasteiger partial charge is 0.144 e. The molecule has 0 radical (unpaired) electrons. The molecule has 1 aromatic carbocycles. The lowest BCUT2D eigenvalue weighted by Crippen LogP contribution is -2.39. The van der Waals surface area contributed by atoms with Crippen LogP contribution in [-0.2, 0) is 0 Å². The van der Waals surface area contributed by atoms with Crippen LogP contribution in [0, 0.1) is 11.3 Å². The topological polar surface area (TPSA) is 45.0 Å². The maximum absolute atomic E-state index is 8.74. The summed E-state index contributed by atoms with van der Waals surface area (Å²) in [5.74, 6) is 0.764. The Labute approximate surface area is 83.3 Å². The fourth-order valence-corrected chi connectivity index (χ4v) is 1.46. The quantitative estimate of drug-likeness (QED) is 0.678. The van der Waals surface area contributed by atoms with Gasteiger partial charge in [0.05, 0.1) is 23.9 Å². The van der Waals surface area contributed by atoms with Gasteiger partial charge >= 0.3 is 0 Å². The van der Waals surface area contributed by atoms with E-state index in [9.17, 15) is 0 Å². The molecule has 14 heavy (non-hydrogen) atoms. The number of fused-ring (bicyclic) bond motifs is 1. The normalized spacial score (nSPS) is 17.2. The number of nitrogens with one attached hydrogen (secondary N) is 1. The van der Waals surface area contributed by atoms with Crippen molar-refractivity contribution in [2.24, 2.45) is 0 Å². The van der Waals surface area contributed by atoms with Crippen molar-refractivity contribution in [2.45, 2.75) is 19.4 Å². The summed E-state index contributed by atoms with van der Waals surface area (Å²) >= 11 is 0. The number of nitriles is 1. The third-order valence-corrected chi connectivity index (χ3v) is 2.20. The van der Waals surface area contributed by atoms with Gasteiger partial charge in [0.2, 0.25) is 0 Å². The summed E-state index contributed by atoms with van der Waals surface area (Å²) in [7, 11) is 0. The molecule has 1 heterocycles. The molecule has 72 valence electrons. The summed E-state index contributed by atoms with van der Waals surface area (Å²) in [6, 6.07) is 7.53. The minimum Gasteiger partial charge on any atom is -0.484 e. The molecule has 0 saturated carbocycles. The highest BCUT2D eigenvalue weighted by Crippen LogP contribution is 2.33. The average molecular weight is 188 g/mol. The van der Waals surface area contributed by atoms with Gasteiger partial charge in [-0.25, -0.2) is 0 Å². The predicted octanol–water partition coefficient (Wildman–Crippen LogP) is 2.14. The van der Waals surface area contributed by atoms with Gasteiger partial charge in [-0.1, -0.05) is 0 Å². The van der Waals surface area contributed by atoms with E-state index in [0.717, 1.165) is 18.0 Å². The van der Waals surface area contributed by atoms with E-state index in [2.05, 4.69) is 11.4 Å². The SMILES string of the molecule is CC1(C)CNc2ccc(C#N)cc2O1. The monoisotopic (exact) mass is 188 g/mol. The van der Waals surface area contributed by atoms with Crippen molar-refractivity contribution in [3.05, 3.63) is 23.8 Å². The van der Waals surface area contributed by atoms with Crippen molar-refractivity contribution in [2.75, 3.05) is 11.9 Å². The van der Waals surface area contributed by atoms with Gasteiger partial charge in [0.15, 0.2) is 0 Å². The molecule has 3 nitrogen and oxygen atoms in total. The standard InChI is InChI=1S/C11H12N2O/c1-11(2)7-13-9-4-3-8(6-12)5-10(9)14-11/h3-5,13H,7H2,1-2H3. The van der Waals surface area contributed by atoms with Gasteiger partial charge in [-0.2, -0.15) is 5.26 Å². The zero-order valence-corrected chi connectivity index (χ0v) is 8.29. The molecule has 1 aliphatic heterocycles. The number of rotatable bonds is 0. The van der Waals surface area contributed by atoms with Crippen LogP contribution in [0.25, 0.3) is 0 Å². The lowest BCUT2D eigenvalue weighted by molar-refractivity contribution is 0.116. The lowest BCUT2D eigenvalue weighted by atomic mass is 10.1. The van der Waals surface area contributed by atoms with E-state index >= 15 is 0 Å². The van der Waals surface area contributed by atoms with Gasteiger partial charge < -0.3 is 10.1 Å². The summed E-state index contributed by atoms with van der Waals surface area (Å²) < 4.78 is 5.75. The largest absolute Gasteiger partial charge is 0.484 e. The van der Waals surface area contributed by atoms with Crippen LogP contribution in [-0.4, -0.2) is 12.1 Å². The number of hydrogen-bond acceptors (Lipinski definition) is 3. The highest BCUT2D eigenvalue weighted by Gasteiger charge is 2.26. The van der Waals surface area contributed by atoms with E-state index in [4.69, 9.17) is 10.00 Å². The first-order valence-electron chi connectivity index (χ1n) is 4.58. The first kappa shape index (κ1) is 8.89. The molecule has 0 fully saturated rings. The maximum Gasteiger partial charge on any atom is 0.144 e. The molecule has 0 unspecified atom stereocenters. The number of anilines is 1. The molecule has 0 aliphatic carbocycles. The molecule has 0 saturated heterocycles. The molecule has 0 aromatic heterocycles. The number of benzene rings is 1. The van der Waals surface area contributed by atoms with Crippen LogP contribution < -0.4 is 10.1 Å². The third kappa shape index (κ3) is 1.51. The zero-order chi connectivity index (χ0) is 10.2. The summed E-state index contributed by atoms with van der Waals surface area (Å²) in [5.41, 5.74) is 1.38. The Hall–Kier alpha value is -1.69. The first-order valence-corrected chi connectivity index (χ1v) is 4.58. The van der Waals surface area contributed by atoms with E-state index in [1.165, 1.54) is 0 Å². The molecule has 0 atom stereocenters. The second-order valence-corrected chi connectivity index (χ2v) is 4.04. The summed E-state index contributed by atoms with van der Waals surface area (Å²) in [4.78, 5) is 0. The van der Waals surface area contributed by atoms with Crippen molar-refractivity contribution < 1.29 is 4.74 Å². The van der Waals surface area contributed by atoms with Crippen LogP contribution in [0.2, 0.25) is 0 Å². The van der Waals surface area contributed by atoms with E-state index in [1.807, 2.05) is 19.9 Å². The maximum atomic E-state index is 8.74. The van der Waals surface area contributed by atoms with E-state index < -0.39 is 0 Å². The Balaban J connectivity index is 2.40. The molecule has 2 rings (SSSR count). The predicted molar refractivity (Wildman–Crippen MR) is 54.4 cm³/mol. The first-order chi connectivity index (χ1) is 6.61. The molecule has 3 heteroatoms. The van der Waals surface area contributed by atoms with E-state index in [0.29, 0.717) is 5.56 Å². The Morgan fingerprint density at radius 1 is 1.50 bits per heavy atom. The number of ether oxygens (including phenoxy) is 1. The van der Waals surface area contributed by atoms with Gasteiger partial charge in [0.1, 0.15) is 11.4 Å². The molecular formula is C11H12N2O.